The number of nitrogens with one attached hydrogen (secondary N) is 2. The van der Waals surface area contributed by atoms with E-state index in [0.717, 1.165) is 12.1 Å². The van der Waals surface area contributed by atoms with Gasteiger partial charge in [-0.05, 0) is 35.7 Å². The van der Waals surface area contributed by atoms with Crippen molar-refractivity contribution in [2.45, 2.75) is 13.3 Å². The molecule has 0 aliphatic rings. The molecule has 6 heteroatoms. The smallest absolute Gasteiger partial charge is 0.233 e. The molecule has 0 spiro atoms. The predicted octanol–water partition coefficient (Wildman–Crippen LogP) is 2.87. The number of nitrogens with zero attached hydrogens (tertiary/aromatic N) is 3. The maximum atomic E-state index is 5.81. The maximum Gasteiger partial charge on any atom is 0.233 e. The monoisotopic (exact) mass is 263 g/mol. The molecule has 2 aromatic rings. The third-order valence-electron chi connectivity index (χ3n) is 2.42. The van der Waals surface area contributed by atoms with Crippen LogP contribution in [0.5, 0.6) is 0 Å². The molecule has 2 N–H and O–H groups in total. The second kappa shape index (κ2) is 5.64. The lowest BCUT2D eigenvalue weighted by Crippen LogP contribution is -2.03. The van der Waals surface area contributed by atoms with Crippen molar-refractivity contribution in [3.8, 4) is 0 Å². The average Bonchev–Trinajstić information content (AvgIpc) is 2.38. The van der Waals surface area contributed by atoms with Gasteiger partial charge in [-0.1, -0.05) is 19.1 Å². The van der Waals surface area contributed by atoms with Crippen LogP contribution in [0, 0.1) is 0 Å². The van der Waals surface area contributed by atoms with Gasteiger partial charge in [-0.3, -0.25) is 0 Å². The van der Waals surface area contributed by atoms with Crippen molar-refractivity contribution in [3.63, 3.8) is 0 Å². The van der Waals surface area contributed by atoms with Gasteiger partial charge in [0.25, 0.3) is 0 Å². The van der Waals surface area contributed by atoms with E-state index in [-0.39, 0.29) is 5.28 Å². The summed E-state index contributed by atoms with van der Waals surface area (Å²) in [5, 5.41) is 6.09. The van der Waals surface area contributed by atoms with Crippen LogP contribution in [0.1, 0.15) is 12.5 Å². The van der Waals surface area contributed by atoms with Crippen LogP contribution in [-0.4, -0.2) is 22.0 Å². The molecule has 0 radical (unpaired) electrons. The standard InChI is InChI=1S/C12H14ClN5/c1-3-8-5-4-6-9(7-8)15-12-17-10(13)16-11(14-2)18-12/h4-7H,3H2,1-2H3,(H2,14,15,16,17,18). The second-order valence-corrected chi connectivity index (χ2v) is 4.02. The molecule has 0 atom stereocenters. The molecule has 0 amide bonds. The summed E-state index contributed by atoms with van der Waals surface area (Å²) in [6.07, 6.45) is 0.981. The van der Waals surface area contributed by atoms with Gasteiger partial charge < -0.3 is 10.6 Å². The third kappa shape index (κ3) is 3.07. The van der Waals surface area contributed by atoms with Gasteiger partial charge in [0.1, 0.15) is 0 Å². The normalized spacial score (nSPS) is 10.2. The van der Waals surface area contributed by atoms with Gasteiger partial charge in [-0.25, -0.2) is 0 Å². The largest absolute Gasteiger partial charge is 0.357 e. The molecule has 1 aromatic heterocycles. The minimum absolute atomic E-state index is 0.156. The summed E-state index contributed by atoms with van der Waals surface area (Å²) in [5.74, 6) is 0.858. The van der Waals surface area contributed by atoms with Crippen molar-refractivity contribution in [1.29, 1.82) is 0 Å². The number of benzene rings is 1. The molecule has 94 valence electrons. The van der Waals surface area contributed by atoms with E-state index in [1.165, 1.54) is 5.56 Å². The van der Waals surface area contributed by atoms with E-state index < -0.39 is 0 Å². The molecule has 2 rings (SSSR count). The van der Waals surface area contributed by atoms with Crippen LogP contribution in [0.25, 0.3) is 0 Å². The fraction of sp³-hybridized carbons (Fsp3) is 0.250. The zero-order valence-electron chi connectivity index (χ0n) is 10.2. The molecule has 0 unspecified atom stereocenters. The minimum atomic E-state index is 0.156. The minimum Gasteiger partial charge on any atom is -0.357 e. The van der Waals surface area contributed by atoms with Gasteiger partial charge in [0.05, 0.1) is 0 Å². The Balaban J connectivity index is 2.24. The van der Waals surface area contributed by atoms with Crippen LogP contribution < -0.4 is 10.6 Å². The van der Waals surface area contributed by atoms with Crippen LogP contribution in [0.4, 0.5) is 17.6 Å². The van der Waals surface area contributed by atoms with Crippen LogP contribution in [0.15, 0.2) is 24.3 Å². The van der Waals surface area contributed by atoms with E-state index in [1.807, 2.05) is 12.1 Å². The van der Waals surface area contributed by atoms with Crippen LogP contribution in [0.3, 0.4) is 0 Å². The first kappa shape index (κ1) is 12.6. The Morgan fingerprint density at radius 2 is 1.94 bits per heavy atom. The molecular formula is C12H14ClN5. The first-order chi connectivity index (χ1) is 8.71. The highest BCUT2D eigenvalue weighted by molar-refractivity contribution is 6.28. The van der Waals surface area contributed by atoms with Crippen LogP contribution in [-0.2, 0) is 6.42 Å². The highest BCUT2D eigenvalue weighted by atomic mass is 35.5. The van der Waals surface area contributed by atoms with Crippen molar-refractivity contribution in [2.24, 2.45) is 0 Å². The highest BCUT2D eigenvalue weighted by Crippen LogP contribution is 2.17. The number of hydrogen-bond acceptors (Lipinski definition) is 5. The van der Waals surface area contributed by atoms with E-state index in [2.05, 4.69) is 44.6 Å². The number of halogens is 1. The van der Waals surface area contributed by atoms with Gasteiger partial charge in [-0.15, -0.1) is 0 Å². The Morgan fingerprint density at radius 1 is 1.17 bits per heavy atom. The van der Waals surface area contributed by atoms with Gasteiger partial charge in [0.2, 0.25) is 17.2 Å². The molecule has 0 saturated carbocycles. The first-order valence-corrected chi connectivity index (χ1v) is 6.04. The lowest BCUT2D eigenvalue weighted by Gasteiger charge is -2.07. The van der Waals surface area contributed by atoms with Gasteiger partial charge in [0.15, 0.2) is 0 Å². The van der Waals surface area contributed by atoms with Gasteiger partial charge in [-0.2, -0.15) is 15.0 Å². The fourth-order valence-corrected chi connectivity index (χ4v) is 1.68. The SMILES string of the molecule is CCc1cccc(Nc2nc(Cl)nc(NC)n2)c1. The Morgan fingerprint density at radius 3 is 2.67 bits per heavy atom. The lowest BCUT2D eigenvalue weighted by molar-refractivity contribution is 1.05. The van der Waals surface area contributed by atoms with E-state index in [4.69, 9.17) is 11.6 Å². The quantitative estimate of drug-likeness (QED) is 0.888. The summed E-state index contributed by atoms with van der Waals surface area (Å²) < 4.78 is 0. The van der Waals surface area contributed by atoms with Crippen LogP contribution >= 0.6 is 11.6 Å². The van der Waals surface area contributed by atoms with E-state index in [0.29, 0.717) is 11.9 Å². The van der Waals surface area contributed by atoms with Crippen molar-refractivity contribution in [2.75, 3.05) is 17.7 Å². The van der Waals surface area contributed by atoms with Crippen molar-refractivity contribution in [3.05, 3.63) is 35.1 Å². The zero-order valence-corrected chi connectivity index (χ0v) is 11.0. The summed E-state index contributed by atoms with van der Waals surface area (Å²) >= 11 is 5.81. The van der Waals surface area contributed by atoms with E-state index in [9.17, 15) is 0 Å². The first-order valence-electron chi connectivity index (χ1n) is 5.66. The zero-order chi connectivity index (χ0) is 13.0. The third-order valence-corrected chi connectivity index (χ3v) is 2.59. The Labute approximate surface area is 111 Å². The predicted molar refractivity (Wildman–Crippen MR) is 73.5 cm³/mol. The number of hydrogen-bond donors (Lipinski definition) is 2. The topological polar surface area (TPSA) is 62.7 Å². The summed E-state index contributed by atoms with van der Waals surface area (Å²) in [7, 11) is 1.73. The van der Waals surface area contributed by atoms with Crippen LogP contribution in [0.2, 0.25) is 5.28 Å². The molecule has 1 aromatic carbocycles. The maximum absolute atomic E-state index is 5.81. The summed E-state index contributed by atoms with van der Waals surface area (Å²) in [5.41, 5.74) is 2.17. The second-order valence-electron chi connectivity index (χ2n) is 3.68. The fourth-order valence-electron chi connectivity index (χ4n) is 1.52. The molecule has 18 heavy (non-hydrogen) atoms. The number of aryl methyl sites for hydroxylation is 1. The van der Waals surface area contributed by atoms with Gasteiger partial charge in [0, 0.05) is 12.7 Å². The molecule has 5 nitrogen and oxygen atoms in total. The molecule has 0 bridgehead atoms. The highest BCUT2D eigenvalue weighted by Gasteiger charge is 2.04. The molecule has 0 saturated heterocycles. The number of aromatic nitrogens is 3. The van der Waals surface area contributed by atoms with E-state index >= 15 is 0 Å². The summed E-state index contributed by atoms with van der Waals surface area (Å²) in [4.78, 5) is 12.1. The van der Waals surface area contributed by atoms with Crippen molar-refractivity contribution >= 4 is 29.2 Å². The molecule has 0 aliphatic carbocycles. The van der Waals surface area contributed by atoms with Gasteiger partial charge >= 0.3 is 0 Å². The molecule has 0 fully saturated rings. The molecule has 1 heterocycles. The Bertz CT molecular complexity index is 544. The number of rotatable bonds is 4. The molecular weight excluding hydrogens is 250 g/mol. The lowest BCUT2D eigenvalue weighted by atomic mass is 10.1. The Kier molecular flexibility index (Phi) is 3.94. The molecule has 0 aliphatic heterocycles. The Hall–Kier alpha value is -1.88. The summed E-state index contributed by atoms with van der Waals surface area (Å²) in [6, 6.07) is 8.07. The van der Waals surface area contributed by atoms with Crippen molar-refractivity contribution < 1.29 is 0 Å². The van der Waals surface area contributed by atoms with Crippen molar-refractivity contribution in [1.82, 2.24) is 15.0 Å². The summed E-state index contributed by atoms with van der Waals surface area (Å²) in [6.45, 7) is 2.11. The average molecular weight is 264 g/mol. The number of anilines is 3. The van der Waals surface area contributed by atoms with E-state index in [1.54, 1.807) is 7.05 Å².